The molecule has 0 aliphatic carbocycles. The predicted octanol–water partition coefficient (Wildman–Crippen LogP) is 4.27. The summed E-state index contributed by atoms with van der Waals surface area (Å²) in [6, 6.07) is 17.9. The first kappa shape index (κ1) is 13.3. The number of hydrogen-bond acceptors (Lipinski definition) is 2. The van der Waals surface area contributed by atoms with Crippen molar-refractivity contribution in [2.24, 2.45) is 0 Å². The predicted molar refractivity (Wildman–Crippen MR) is 84.5 cm³/mol. The van der Waals surface area contributed by atoms with E-state index in [1.54, 1.807) is 6.20 Å². The van der Waals surface area contributed by atoms with Crippen LogP contribution in [0.2, 0.25) is 0 Å². The van der Waals surface area contributed by atoms with Gasteiger partial charge in [-0.3, -0.25) is 4.98 Å². The summed E-state index contributed by atoms with van der Waals surface area (Å²) in [6.45, 7) is 0. The molecule has 2 aromatic carbocycles. The SMILES string of the molecule is OC(Cc1ccccn1)c1ccc2cc(Br)ccc2c1. The smallest absolute Gasteiger partial charge is 0.0845 e. The highest BCUT2D eigenvalue weighted by atomic mass is 79.9. The molecule has 0 saturated carbocycles. The van der Waals surface area contributed by atoms with E-state index in [2.05, 4.69) is 33.0 Å². The minimum absolute atomic E-state index is 0.530. The number of hydrogen-bond donors (Lipinski definition) is 1. The second-order valence-electron chi connectivity index (χ2n) is 4.79. The van der Waals surface area contributed by atoms with E-state index in [1.165, 1.54) is 0 Å². The van der Waals surface area contributed by atoms with Gasteiger partial charge in [0.25, 0.3) is 0 Å². The summed E-state index contributed by atoms with van der Waals surface area (Å²) in [4.78, 5) is 4.25. The maximum atomic E-state index is 10.3. The molecule has 3 aromatic rings. The van der Waals surface area contributed by atoms with Crippen molar-refractivity contribution in [2.75, 3.05) is 0 Å². The summed E-state index contributed by atoms with van der Waals surface area (Å²) in [6.07, 6.45) is 1.75. The van der Waals surface area contributed by atoms with Crippen molar-refractivity contribution in [1.82, 2.24) is 4.98 Å². The fraction of sp³-hybridized carbons (Fsp3) is 0.118. The quantitative estimate of drug-likeness (QED) is 0.779. The van der Waals surface area contributed by atoms with Crippen molar-refractivity contribution in [3.8, 4) is 0 Å². The van der Waals surface area contributed by atoms with Crippen LogP contribution in [0, 0.1) is 0 Å². The average molecular weight is 328 g/mol. The van der Waals surface area contributed by atoms with Crippen LogP contribution >= 0.6 is 15.9 Å². The number of halogens is 1. The molecule has 100 valence electrons. The number of aromatic nitrogens is 1. The van der Waals surface area contributed by atoms with E-state index in [0.29, 0.717) is 6.42 Å². The fourth-order valence-electron chi connectivity index (χ4n) is 2.28. The summed E-state index contributed by atoms with van der Waals surface area (Å²) < 4.78 is 1.06. The number of benzene rings is 2. The summed E-state index contributed by atoms with van der Waals surface area (Å²) in [7, 11) is 0. The van der Waals surface area contributed by atoms with Gasteiger partial charge in [-0.2, -0.15) is 0 Å². The Morgan fingerprint density at radius 2 is 1.80 bits per heavy atom. The Morgan fingerprint density at radius 1 is 1.00 bits per heavy atom. The summed E-state index contributed by atoms with van der Waals surface area (Å²) in [5.74, 6) is 0. The van der Waals surface area contributed by atoms with Crippen LogP contribution < -0.4 is 0 Å². The molecule has 1 heterocycles. The van der Waals surface area contributed by atoms with Gasteiger partial charge in [0.05, 0.1) is 6.10 Å². The van der Waals surface area contributed by atoms with Crippen LogP contribution in [0.3, 0.4) is 0 Å². The molecule has 0 aliphatic heterocycles. The van der Waals surface area contributed by atoms with Crippen molar-refractivity contribution in [3.63, 3.8) is 0 Å². The van der Waals surface area contributed by atoms with Crippen LogP contribution in [0.15, 0.2) is 65.3 Å². The Kier molecular flexibility index (Phi) is 3.81. The first-order valence-electron chi connectivity index (χ1n) is 6.49. The number of fused-ring (bicyclic) bond motifs is 1. The third-order valence-electron chi connectivity index (χ3n) is 3.34. The van der Waals surface area contributed by atoms with E-state index >= 15 is 0 Å². The van der Waals surface area contributed by atoms with Gasteiger partial charge in [-0.05, 0) is 46.7 Å². The van der Waals surface area contributed by atoms with E-state index in [0.717, 1.165) is 26.5 Å². The average Bonchev–Trinajstić information content (AvgIpc) is 2.47. The van der Waals surface area contributed by atoms with Crippen molar-refractivity contribution < 1.29 is 5.11 Å². The molecule has 3 rings (SSSR count). The topological polar surface area (TPSA) is 33.1 Å². The van der Waals surface area contributed by atoms with Crippen LogP contribution in [0.4, 0.5) is 0 Å². The van der Waals surface area contributed by atoms with Gasteiger partial charge < -0.3 is 5.11 Å². The van der Waals surface area contributed by atoms with Crippen molar-refractivity contribution in [2.45, 2.75) is 12.5 Å². The zero-order valence-electron chi connectivity index (χ0n) is 10.8. The van der Waals surface area contributed by atoms with Gasteiger partial charge in [-0.1, -0.05) is 40.2 Å². The van der Waals surface area contributed by atoms with E-state index in [1.807, 2.05) is 42.5 Å². The zero-order valence-corrected chi connectivity index (χ0v) is 12.4. The first-order chi connectivity index (χ1) is 9.72. The molecule has 0 radical (unpaired) electrons. The third kappa shape index (κ3) is 2.89. The summed E-state index contributed by atoms with van der Waals surface area (Å²) in [5.41, 5.74) is 1.82. The van der Waals surface area contributed by atoms with E-state index in [-0.39, 0.29) is 0 Å². The lowest BCUT2D eigenvalue weighted by atomic mass is 10.0. The molecule has 0 saturated heterocycles. The lowest BCUT2D eigenvalue weighted by molar-refractivity contribution is 0.177. The van der Waals surface area contributed by atoms with Crippen molar-refractivity contribution in [1.29, 1.82) is 0 Å². The molecule has 0 amide bonds. The Hall–Kier alpha value is -1.71. The highest BCUT2D eigenvalue weighted by Crippen LogP contribution is 2.25. The standard InChI is InChI=1S/C17H14BrNO/c18-15-7-6-12-9-14(5-4-13(12)10-15)17(20)11-16-3-1-2-8-19-16/h1-10,17,20H,11H2. The molecule has 20 heavy (non-hydrogen) atoms. The van der Waals surface area contributed by atoms with Crippen molar-refractivity contribution in [3.05, 3.63) is 76.5 Å². The molecule has 1 N–H and O–H groups in total. The third-order valence-corrected chi connectivity index (χ3v) is 3.83. The Labute approximate surface area is 126 Å². The van der Waals surface area contributed by atoms with Gasteiger partial charge in [0.2, 0.25) is 0 Å². The summed E-state index contributed by atoms with van der Waals surface area (Å²) >= 11 is 3.47. The Bertz CT molecular complexity index is 727. The molecular weight excluding hydrogens is 314 g/mol. The normalized spacial score (nSPS) is 12.5. The van der Waals surface area contributed by atoms with Crippen LogP contribution in [0.5, 0.6) is 0 Å². The van der Waals surface area contributed by atoms with Gasteiger partial charge in [0.1, 0.15) is 0 Å². The molecule has 0 bridgehead atoms. The summed E-state index contributed by atoms with van der Waals surface area (Å²) in [5, 5.41) is 12.6. The monoisotopic (exact) mass is 327 g/mol. The minimum atomic E-state index is -0.530. The van der Waals surface area contributed by atoms with Gasteiger partial charge in [-0.25, -0.2) is 0 Å². The minimum Gasteiger partial charge on any atom is -0.388 e. The highest BCUT2D eigenvalue weighted by Gasteiger charge is 2.10. The first-order valence-corrected chi connectivity index (χ1v) is 7.29. The maximum absolute atomic E-state index is 10.3. The Balaban J connectivity index is 1.88. The second kappa shape index (κ2) is 5.73. The van der Waals surface area contributed by atoms with Crippen LogP contribution in [0.25, 0.3) is 10.8 Å². The number of pyridine rings is 1. The van der Waals surface area contributed by atoms with E-state index in [4.69, 9.17) is 0 Å². The molecule has 0 fully saturated rings. The molecule has 0 aliphatic rings. The second-order valence-corrected chi connectivity index (χ2v) is 5.71. The number of aliphatic hydroxyl groups is 1. The van der Waals surface area contributed by atoms with E-state index < -0.39 is 6.10 Å². The largest absolute Gasteiger partial charge is 0.388 e. The van der Waals surface area contributed by atoms with Gasteiger partial charge in [-0.15, -0.1) is 0 Å². The number of rotatable bonds is 3. The molecule has 1 aromatic heterocycles. The van der Waals surface area contributed by atoms with Crippen molar-refractivity contribution >= 4 is 26.7 Å². The number of aliphatic hydroxyl groups excluding tert-OH is 1. The van der Waals surface area contributed by atoms with Crippen LogP contribution in [0.1, 0.15) is 17.4 Å². The molecule has 2 nitrogen and oxygen atoms in total. The van der Waals surface area contributed by atoms with Crippen LogP contribution in [-0.2, 0) is 6.42 Å². The lowest BCUT2D eigenvalue weighted by Gasteiger charge is -2.11. The maximum Gasteiger partial charge on any atom is 0.0845 e. The molecule has 1 unspecified atom stereocenters. The molecular formula is C17H14BrNO. The molecule has 0 spiro atoms. The van der Waals surface area contributed by atoms with Crippen LogP contribution in [-0.4, -0.2) is 10.1 Å². The lowest BCUT2D eigenvalue weighted by Crippen LogP contribution is -2.03. The Morgan fingerprint density at radius 3 is 2.60 bits per heavy atom. The van der Waals surface area contributed by atoms with E-state index in [9.17, 15) is 5.11 Å². The highest BCUT2D eigenvalue weighted by molar-refractivity contribution is 9.10. The van der Waals surface area contributed by atoms with Gasteiger partial charge in [0.15, 0.2) is 0 Å². The van der Waals surface area contributed by atoms with Gasteiger partial charge in [0, 0.05) is 22.8 Å². The fourth-order valence-corrected chi connectivity index (χ4v) is 2.66. The zero-order chi connectivity index (χ0) is 13.9. The van der Waals surface area contributed by atoms with Gasteiger partial charge >= 0.3 is 0 Å². The molecule has 3 heteroatoms. The number of nitrogens with zero attached hydrogens (tertiary/aromatic N) is 1. The molecule has 1 atom stereocenters.